The van der Waals surface area contributed by atoms with Gasteiger partial charge >= 0.3 is 12.3 Å². The van der Waals surface area contributed by atoms with Gasteiger partial charge in [-0.1, -0.05) is 206 Å². The number of aromatic nitrogens is 3. The summed E-state index contributed by atoms with van der Waals surface area (Å²) in [7, 11) is 0. The van der Waals surface area contributed by atoms with Crippen molar-refractivity contribution in [3.63, 3.8) is 0 Å². The van der Waals surface area contributed by atoms with Gasteiger partial charge in [0.2, 0.25) is 0 Å². The predicted molar refractivity (Wildman–Crippen MR) is 300 cm³/mol. The number of likely N-dealkylation sites (tertiary alicyclic amines) is 1. The number of rotatable bonds is 15. The molecule has 77 heavy (non-hydrogen) atoms. The number of piperidine rings is 1. The first-order valence-corrected chi connectivity index (χ1v) is 26.1. The van der Waals surface area contributed by atoms with Crippen LogP contribution in [0.2, 0.25) is 0 Å². The van der Waals surface area contributed by atoms with Gasteiger partial charge in [0.1, 0.15) is 28.2 Å². The van der Waals surface area contributed by atoms with E-state index in [1.54, 1.807) is 11.0 Å². The maximum absolute atomic E-state index is 15.8. The Morgan fingerprint density at radius 2 is 1.04 bits per heavy atom. The quantitative estimate of drug-likeness (QED) is 0.0877. The number of pyridine rings is 1. The monoisotopic (exact) mass is 1030 g/mol. The number of nitrogen functional groups attached to an aromatic ring is 1. The Hall–Kier alpha value is -8.64. The number of nitrogens with one attached hydrogen (secondary N) is 2. The number of carbonyl (C=O) groups excluding carboxylic acids is 1. The summed E-state index contributed by atoms with van der Waals surface area (Å²) in [5.41, 5.74) is 11.4. The zero-order valence-electron chi connectivity index (χ0n) is 43.4. The fourth-order valence-electron chi connectivity index (χ4n) is 10.9. The van der Waals surface area contributed by atoms with Crippen LogP contribution in [0.25, 0.3) is 0 Å². The lowest BCUT2D eigenvalue weighted by Gasteiger charge is -2.39. The molecule has 0 spiro atoms. The fraction of sp³-hybridized carbons (Fsp3) is 0.215. The van der Waals surface area contributed by atoms with Crippen molar-refractivity contribution in [2.24, 2.45) is 0 Å². The van der Waals surface area contributed by atoms with Gasteiger partial charge < -0.3 is 26.0 Å². The Morgan fingerprint density at radius 1 is 0.597 bits per heavy atom. The van der Waals surface area contributed by atoms with Crippen LogP contribution in [0.1, 0.15) is 101 Å². The Bertz CT molecular complexity index is 3210. The molecule has 10 rings (SSSR count). The molecule has 9 aromatic rings. The molecule has 0 unspecified atom stereocenters. The second-order valence-corrected chi connectivity index (χ2v) is 20.7. The number of amides is 1. The lowest BCUT2D eigenvalue weighted by atomic mass is 9.76. The summed E-state index contributed by atoms with van der Waals surface area (Å²) in [5.74, 6) is 0.753. The summed E-state index contributed by atoms with van der Waals surface area (Å²) in [6.07, 6.45) is -2.64. The van der Waals surface area contributed by atoms with Crippen molar-refractivity contribution in [2.75, 3.05) is 29.5 Å². The average molecular weight is 1030 g/mol. The number of hydrogen-bond acceptors (Lipinski definition) is 7. The minimum absolute atomic E-state index is 0.0427. The highest BCUT2D eigenvalue weighted by molar-refractivity contribution is 5.75. The summed E-state index contributed by atoms with van der Waals surface area (Å²) in [6, 6.07) is 69.7. The minimum Gasteiger partial charge on any atom is -0.444 e. The second kappa shape index (κ2) is 21.9. The summed E-state index contributed by atoms with van der Waals surface area (Å²) in [4.78, 5) is 19.9. The summed E-state index contributed by atoms with van der Waals surface area (Å²) in [6.45, 7) is 6.46. The fourth-order valence-corrected chi connectivity index (χ4v) is 10.9. The smallest absolute Gasteiger partial charge is 0.433 e. The first-order valence-electron chi connectivity index (χ1n) is 26.1. The number of carbonyl (C=O) groups is 1. The highest BCUT2D eigenvalue weighted by atomic mass is 19.4. The van der Waals surface area contributed by atoms with E-state index in [2.05, 4.69) is 52.1 Å². The van der Waals surface area contributed by atoms with E-state index in [0.29, 0.717) is 42.9 Å². The Labute approximate surface area is 448 Å². The van der Waals surface area contributed by atoms with Crippen LogP contribution in [0, 0.1) is 0 Å². The van der Waals surface area contributed by atoms with Crippen molar-refractivity contribution in [3.05, 3.63) is 280 Å². The molecule has 3 heterocycles. The molecule has 1 saturated heterocycles. The summed E-state index contributed by atoms with van der Waals surface area (Å²) < 4.78 is 54.0. The number of benzene rings is 7. The first-order chi connectivity index (χ1) is 37.2. The minimum atomic E-state index is -4.78. The number of halogens is 3. The summed E-state index contributed by atoms with van der Waals surface area (Å²) >= 11 is 0. The van der Waals surface area contributed by atoms with E-state index in [4.69, 9.17) is 15.5 Å². The molecular formula is C65H62F3N7O2. The molecule has 12 heteroatoms. The zero-order valence-corrected chi connectivity index (χ0v) is 43.4. The zero-order chi connectivity index (χ0) is 53.6. The van der Waals surface area contributed by atoms with Crippen LogP contribution in [-0.2, 0) is 35.0 Å². The molecular weight excluding hydrogens is 968 g/mol. The van der Waals surface area contributed by atoms with Crippen molar-refractivity contribution in [1.82, 2.24) is 19.7 Å². The van der Waals surface area contributed by atoms with Gasteiger partial charge in [0, 0.05) is 25.1 Å². The average Bonchev–Trinajstić information content (AvgIpc) is 3.93. The van der Waals surface area contributed by atoms with Crippen LogP contribution in [0.4, 0.5) is 35.3 Å². The highest BCUT2D eigenvalue weighted by Crippen LogP contribution is 2.45. The molecule has 0 bridgehead atoms. The van der Waals surface area contributed by atoms with Gasteiger partial charge in [0.25, 0.3) is 0 Å². The van der Waals surface area contributed by atoms with Crippen LogP contribution in [-0.4, -0.2) is 44.4 Å². The van der Waals surface area contributed by atoms with Crippen molar-refractivity contribution in [3.8, 4) is 0 Å². The molecule has 2 aromatic heterocycles. The van der Waals surface area contributed by atoms with E-state index in [0.717, 1.165) is 43.6 Å². The van der Waals surface area contributed by atoms with E-state index >= 15 is 13.2 Å². The van der Waals surface area contributed by atoms with Gasteiger partial charge in [-0.25, -0.2) is 9.78 Å². The van der Waals surface area contributed by atoms with Gasteiger partial charge in [0.15, 0.2) is 5.82 Å². The van der Waals surface area contributed by atoms with Crippen molar-refractivity contribution in [2.45, 2.75) is 75.4 Å². The van der Waals surface area contributed by atoms with E-state index in [1.165, 1.54) is 6.20 Å². The van der Waals surface area contributed by atoms with Crippen LogP contribution in [0.5, 0.6) is 0 Å². The van der Waals surface area contributed by atoms with Gasteiger partial charge in [-0.05, 0) is 95.7 Å². The van der Waals surface area contributed by atoms with Gasteiger partial charge in [-0.2, -0.15) is 18.3 Å². The van der Waals surface area contributed by atoms with Crippen LogP contribution in [0.3, 0.4) is 0 Å². The number of nitrogens with zero attached hydrogens (tertiary/aromatic N) is 4. The van der Waals surface area contributed by atoms with Crippen LogP contribution < -0.4 is 16.4 Å². The number of ether oxygens (including phenoxy) is 1. The Morgan fingerprint density at radius 3 is 1.47 bits per heavy atom. The van der Waals surface area contributed by atoms with Gasteiger partial charge in [-0.15, -0.1) is 0 Å². The van der Waals surface area contributed by atoms with E-state index in [9.17, 15) is 4.79 Å². The Kier molecular flexibility index (Phi) is 14.7. The van der Waals surface area contributed by atoms with Crippen molar-refractivity contribution in [1.29, 1.82) is 0 Å². The van der Waals surface area contributed by atoms with Crippen LogP contribution >= 0.6 is 0 Å². The van der Waals surface area contributed by atoms with Crippen molar-refractivity contribution >= 4 is 23.4 Å². The number of anilines is 3. The molecule has 4 N–H and O–H groups in total. The van der Waals surface area contributed by atoms with Crippen molar-refractivity contribution < 1.29 is 22.7 Å². The molecule has 0 saturated carbocycles. The largest absolute Gasteiger partial charge is 0.444 e. The third-order valence-corrected chi connectivity index (χ3v) is 14.5. The second-order valence-electron chi connectivity index (χ2n) is 20.7. The number of alkyl halides is 3. The molecule has 1 aliphatic heterocycles. The first kappa shape index (κ1) is 51.8. The molecule has 7 aromatic carbocycles. The maximum Gasteiger partial charge on any atom is 0.433 e. The maximum atomic E-state index is 15.8. The SMILES string of the molecule is CC(C)(C)OC(=O)N1CCC(c2cccc(Cn3ncc(Cc4cc(NC(c5ccccc5)(c5ccccc5)c5ccccc5)nc(NC(c5ccccc5)(c5ccccc5)c5ccccc5)c4N)c3C(F)(F)F)c2)CC1. The highest BCUT2D eigenvalue weighted by Gasteiger charge is 2.42. The van der Waals surface area contributed by atoms with E-state index in [1.807, 2.05) is 191 Å². The molecule has 390 valence electrons. The molecule has 0 atom stereocenters. The van der Waals surface area contributed by atoms with Crippen LogP contribution in [0.15, 0.2) is 219 Å². The molecule has 0 aliphatic carbocycles. The number of hydrogen-bond donors (Lipinski definition) is 3. The molecule has 9 nitrogen and oxygen atoms in total. The predicted octanol–water partition coefficient (Wildman–Crippen LogP) is 14.4. The number of nitrogens with two attached hydrogens (primary N) is 1. The van der Waals surface area contributed by atoms with Gasteiger partial charge in [-0.3, -0.25) is 4.68 Å². The molecule has 1 amide bonds. The summed E-state index contributed by atoms with van der Waals surface area (Å²) in [5, 5.41) is 12.2. The Balaban J connectivity index is 1.09. The normalized spacial score (nSPS) is 13.5. The lowest BCUT2D eigenvalue weighted by Crippen LogP contribution is -2.41. The van der Waals surface area contributed by atoms with Gasteiger partial charge in [0.05, 0.1) is 18.4 Å². The van der Waals surface area contributed by atoms with E-state index in [-0.39, 0.29) is 42.0 Å². The third-order valence-electron chi connectivity index (χ3n) is 14.5. The topological polar surface area (TPSA) is 110 Å². The standard InChI is InChI=1S/C65H62F3N7O2/c1-62(2,3)77-61(76)74-39-37-47(38-40-74)48-24-22-23-46(41-48)45-75-59(65(66,67)68)50(44-70-75)42-49-43-57(72-63(51-25-10-4-11-26-51,52-27-12-5-13-28-52)53-29-14-6-15-30-53)71-60(58(49)69)73-64(54-31-16-7-17-32-54,55-33-18-8-19-34-55)56-35-20-9-21-36-56/h4-36,41,43-44,47H,37-40,42,45,69H2,1-3H3,(H2,71,72,73). The molecule has 1 fully saturated rings. The third kappa shape index (κ3) is 11.1. The molecule has 1 aliphatic rings. The molecule has 0 radical (unpaired) electrons. The van der Waals surface area contributed by atoms with E-state index < -0.39 is 28.5 Å². The lowest BCUT2D eigenvalue weighted by molar-refractivity contribution is -0.144.